The Morgan fingerprint density at radius 3 is 2.80 bits per heavy atom. The van der Waals surface area contributed by atoms with Crippen molar-refractivity contribution >= 4 is 17.7 Å². The van der Waals surface area contributed by atoms with Gasteiger partial charge in [0.05, 0.1) is 0 Å². The number of hydrogen-bond donors (Lipinski definition) is 1. The van der Waals surface area contributed by atoms with Gasteiger partial charge in [-0.15, -0.1) is 11.8 Å². The second-order valence-corrected chi connectivity index (χ2v) is 5.35. The van der Waals surface area contributed by atoms with Gasteiger partial charge in [-0.1, -0.05) is 12.1 Å². The predicted octanol–water partition coefficient (Wildman–Crippen LogP) is 2.35. The van der Waals surface area contributed by atoms with Gasteiger partial charge in [-0.3, -0.25) is 9.48 Å². The standard InChI is InChI=1S/C15H19N3OS/c1-20-14-5-3-13(4-6-14)7-10-16-15(19)8-12-18-11-2-9-17-18/h2-6,9,11H,7-8,10,12H2,1H3,(H,16,19). The molecule has 1 aromatic carbocycles. The van der Waals surface area contributed by atoms with Crippen molar-refractivity contribution < 1.29 is 4.79 Å². The first-order valence-corrected chi connectivity index (χ1v) is 7.87. The Hall–Kier alpha value is -1.75. The summed E-state index contributed by atoms with van der Waals surface area (Å²) in [6.45, 7) is 1.30. The van der Waals surface area contributed by atoms with Crippen molar-refractivity contribution in [1.29, 1.82) is 0 Å². The van der Waals surface area contributed by atoms with Crippen molar-refractivity contribution in [3.8, 4) is 0 Å². The number of amides is 1. The van der Waals surface area contributed by atoms with Gasteiger partial charge in [0.25, 0.3) is 0 Å². The fourth-order valence-corrected chi connectivity index (χ4v) is 2.28. The summed E-state index contributed by atoms with van der Waals surface area (Å²) < 4.78 is 1.76. The molecule has 5 heteroatoms. The molecule has 0 aliphatic carbocycles. The van der Waals surface area contributed by atoms with Crippen molar-refractivity contribution in [3.05, 3.63) is 48.3 Å². The molecule has 1 aromatic heterocycles. The van der Waals surface area contributed by atoms with Crippen molar-refractivity contribution in [2.75, 3.05) is 12.8 Å². The first-order valence-electron chi connectivity index (χ1n) is 6.65. The summed E-state index contributed by atoms with van der Waals surface area (Å²) >= 11 is 1.73. The van der Waals surface area contributed by atoms with Crippen molar-refractivity contribution in [3.63, 3.8) is 0 Å². The molecule has 0 fully saturated rings. The van der Waals surface area contributed by atoms with Crippen LogP contribution in [0, 0.1) is 0 Å². The summed E-state index contributed by atoms with van der Waals surface area (Å²) in [6, 6.07) is 10.3. The van der Waals surface area contributed by atoms with E-state index in [1.54, 1.807) is 22.6 Å². The normalized spacial score (nSPS) is 10.4. The summed E-state index contributed by atoms with van der Waals surface area (Å²) in [5.74, 6) is 0.0706. The SMILES string of the molecule is CSc1ccc(CCNC(=O)CCn2cccn2)cc1. The zero-order chi connectivity index (χ0) is 14.2. The molecule has 0 bridgehead atoms. The molecule has 0 atom stereocenters. The maximum atomic E-state index is 11.7. The lowest BCUT2D eigenvalue weighted by Gasteiger charge is -2.06. The summed E-state index contributed by atoms with van der Waals surface area (Å²) in [5.41, 5.74) is 1.25. The maximum absolute atomic E-state index is 11.7. The zero-order valence-electron chi connectivity index (χ0n) is 11.6. The number of hydrogen-bond acceptors (Lipinski definition) is 3. The van der Waals surface area contributed by atoms with E-state index in [0.29, 0.717) is 19.5 Å². The van der Waals surface area contributed by atoms with Crippen LogP contribution in [0.1, 0.15) is 12.0 Å². The van der Waals surface area contributed by atoms with Gasteiger partial charge in [-0.05, 0) is 36.4 Å². The van der Waals surface area contributed by atoms with E-state index >= 15 is 0 Å². The highest BCUT2D eigenvalue weighted by atomic mass is 32.2. The van der Waals surface area contributed by atoms with Crippen LogP contribution in [-0.2, 0) is 17.8 Å². The number of carbonyl (C=O) groups excluding carboxylic acids is 1. The summed E-state index contributed by atoms with van der Waals surface area (Å²) in [5, 5.41) is 7.00. The highest BCUT2D eigenvalue weighted by Crippen LogP contribution is 2.14. The molecule has 0 unspecified atom stereocenters. The molecule has 20 heavy (non-hydrogen) atoms. The van der Waals surface area contributed by atoms with Crippen LogP contribution >= 0.6 is 11.8 Å². The molecule has 1 N–H and O–H groups in total. The summed E-state index contributed by atoms with van der Waals surface area (Å²) in [6.07, 6.45) is 6.97. The molecular formula is C15H19N3OS. The van der Waals surface area contributed by atoms with Crippen molar-refractivity contribution in [2.45, 2.75) is 24.3 Å². The first kappa shape index (κ1) is 14.7. The second kappa shape index (κ2) is 7.75. The number of carbonyl (C=O) groups is 1. The first-order chi connectivity index (χ1) is 9.78. The van der Waals surface area contributed by atoms with Gasteiger partial charge in [0.1, 0.15) is 0 Å². The van der Waals surface area contributed by atoms with Crippen LogP contribution in [0.15, 0.2) is 47.6 Å². The molecule has 0 radical (unpaired) electrons. The maximum Gasteiger partial charge on any atom is 0.221 e. The molecule has 0 aliphatic heterocycles. The van der Waals surface area contributed by atoms with Gasteiger partial charge in [-0.2, -0.15) is 5.10 Å². The van der Waals surface area contributed by atoms with Gasteiger partial charge in [-0.25, -0.2) is 0 Å². The van der Waals surface area contributed by atoms with Crippen LogP contribution in [0.3, 0.4) is 0 Å². The fourth-order valence-electron chi connectivity index (χ4n) is 1.88. The monoisotopic (exact) mass is 289 g/mol. The van der Waals surface area contributed by atoms with E-state index in [4.69, 9.17) is 0 Å². The topological polar surface area (TPSA) is 46.9 Å². The Morgan fingerprint density at radius 1 is 1.35 bits per heavy atom. The number of benzene rings is 1. The highest BCUT2D eigenvalue weighted by Gasteiger charge is 2.01. The molecule has 1 amide bonds. The van der Waals surface area contributed by atoms with Crippen LogP contribution in [0.5, 0.6) is 0 Å². The molecule has 1 heterocycles. The molecule has 0 aliphatic rings. The Labute approximate surface area is 123 Å². The van der Waals surface area contributed by atoms with Gasteiger partial charge < -0.3 is 5.32 Å². The average Bonchev–Trinajstić information content (AvgIpc) is 2.99. The van der Waals surface area contributed by atoms with Crippen LogP contribution in [0.25, 0.3) is 0 Å². The van der Waals surface area contributed by atoms with Gasteiger partial charge >= 0.3 is 0 Å². The zero-order valence-corrected chi connectivity index (χ0v) is 12.4. The number of thioether (sulfide) groups is 1. The Balaban J connectivity index is 1.65. The number of rotatable bonds is 7. The molecule has 4 nitrogen and oxygen atoms in total. The van der Waals surface area contributed by atoms with Crippen molar-refractivity contribution in [1.82, 2.24) is 15.1 Å². The Morgan fingerprint density at radius 2 is 2.15 bits per heavy atom. The van der Waals surface area contributed by atoms with Crippen LogP contribution in [-0.4, -0.2) is 28.5 Å². The third-order valence-corrected chi connectivity index (χ3v) is 3.77. The molecule has 0 saturated heterocycles. The van der Waals surface area contributed by atoms with E-state index in [9.17, 15) is 4.79 Å². The average molecular weight is 289 g/mol. The molecular weight excluding hydrogens is 270 g/mol. The lowest BCUT2D eigenvalue weighted by molar-refractivity contribution is -0.121. The Bertz CT molecular complexity index is 523. The van der Waals surface area contributed by atoms with Gasteiger partial charge in [0.2, 0.25) is 5.91 Å². The summed E-state index contributed by atoms with van der Waals surface area (Å²) in [4.78, 5) is 12.9. The fraction of sp³-hybridized carbons (Fsp3) is 0.333. The van der Waals surface area contributed by atoms with E-state index in [1.165, 1.54) is 10.5 Å². The Kier molecular flexibility index (Phi) is 5.68. The lowest BCUT2D eigenvalue weighted by Crippen LogP contribution is -2.26. The number of aryl methyl sites for hydroxylation is 1. The van der Waals surface area contributed by atoms with Crippen LogP contribution in [0.4, 0.5) is 0 Å². The molecule has 106 valence electrons. The third kappa shape index (κ3) is 4.74. The van der Waals surface area contributed by atoms with Crippen LogP contribution < -0.4 is 5.32 Å². The molecule has 0 spiro atoms. The second-order valence-electron chi connectivity index (χ2n) is 4.47. The lowest BCUT2D eigenvalue weighted by atomic mass is 10.1. The number of nitrogens with one attached hydrogen (secondary N) is 1. The van der Waals surface area contributed by atoms with E-state index in [2.05, 4.69) is 40.9 Å². The minimum atomic E-state index is 0.0706. The molecule has 2 rings (SSSR count). The van der Waals surface area contributed by atoms with Gasteiger partial charge in [0.15, 0.2) is 0 Å². The van der Waals surface area contributed by atoms with E-state index in [0.717, 1.165) is 6.42 Å². The smallest absolute Gasteiger partial charge is 0.221 e. The number of aromatic nitrogens is 2. The van der Waals surface area contributed by atoms with Crippen molar-refractivity contribution in [2.24, 2.45) is 0 Å². The third-order valence-electron chi connectivity index (χ3n) is 3.02. The molecule has 0 saturated carbocycles. The van der Waals surface area contributed by atoms with E-state index in [1.807, 2.05) is 12.3 Å². The minimum absolute atomic E-state index is 0.0706. The molecule has 2 aromatic rings. The minimum Gasteiger partial charge on any atom is -0.356 e. The van der Waals surface area contributed by atoms with Crippen LogP contribution in [0.2, 0.25) is 0 Å². The highest BCUT2D eigenvalue weighted by molar-refractivity contribution is 7.98. The predicted molar refractivity (Wildman–Crippen MR) is 81.8 cm³/mol. The van der Waals surface area contributed by atoms with E-state index < -0.39 is 0 Å². The largest absolute Gasteiger partial charge is 0.356 e. The quantitative estimate of drug-likeness (QED) is 0.796. The van der Waals surface area contributed by atoms with Gasteiger partial charge in [0, 0.05) is 36.8 Å². The number of nitrogens with zero attached hydrogens (tertiary/aromatic N) is 2. The summed E-state index contributed by atoms with van der Waals surface area (Å²) in [7, 11) is 0. The van der Waals surface area contributed by atoms with E-state index in [-0.39, 0.29) is 5.91 Å².